The number of nitrogens with zero attached hydrogens (tertiary/aromatic N) is 2. The van der Waals surface area contributed by atoms with Gasteiger partial charge in [-0.2, -0.15) is 0 Å². The number of hydrogen-bond donors (Lipinski definition) is 3. The molecule has 0 radical (unpaired) electrons. The Morgan fingerprint density at radius 3 is 2.06 bits per heavy atom. The molecule has 6 nitrogen and oxygen atoms in total. The molecular formula is C10H15N2O4P. The van der Waals surface area contributed by atoms with Crippen molar-refractivity contribution in [1.82, 2.24) is 4.90 Å². The molecule has 94 valence electrons. The molecule has 0 aromatic heterocycles. The van der Waals surface area contributed by atoms with Gasteiger partial charge in [0.05, 0.1) is 6.67 Å². The van der Waals surface area contributed by atoms with Crippen molar-refractivity contribution in [2.45, 2.75) is 0 Å². The monoisotopic (exact) mass is 258 g/mol. The van der Waals surface area contributed by atoms with Gasteiger partial charge in [0.2, 0.25) is 0 Å². The molecule has 0 spiro atoms. The maximum Gasteiger partial charge on any atom is 0.466 e. The summed E-state index contributed by atoms with van der Waals surface area (Å²) in [5.41, 5.74) is 1.25. The molecule has 0 atom stereocenters. The normalized spacial score (nSPS) is 14.6. The third kappa shape index (κ3) is 6.09. The van der Waals surface area contributed by atoms with Crippen molar-refractivity contribution in [3.8, 4) is 0 Å². The van der Waals surface area contributed by atoms with E-state index in [1.54, 1.807) is 0 Å². The van der Waals surface area contributed by atoms with E-state index in [2.05, 4.69) is 53.5 Å². The molecule has 3 N–H and O–H groups in total. The number of anilines is 1. The summed E-state index contributed by atoms with van der Waals surface area (Å²) in [6.45, 7) is 0.948. The molecule has 0 amide bonds. The predicted octanol–water partition coefficient (Wildman–Crippen LogP) is 0.938. The smallest absolute Gasteiger partial charge is 0.361 e. The standard InChI is InChI=1S/C10H12N2.H3O4P/c1-11-7-8-12(9-11)10-5-3-2-4-6-10;1-5(2,3)4/h2-8H,9H2,1H3;(H3,1,2,3,4). The van der Waals surface area contributed by atoms with Crippen LogP contribution in [0.25, 0.3) is 0 Å². The van der Waals surface area contributed by atoms with Crippen molar-refractivity contribution in [2.75, 3.05) is 18.6 Å². The molecule has 17 heavy (non-hydrogen) atoms. The average Bonchev–Trinajstić information content (AvgIpc) is 2.64. The third-order valence-corrected chi connectivity index (χ3v) is 1.96. The number of benzene rings is 1. The fourth-order valence-corrected chi connectivity index (χ4v) is 1.32. The van der Waals surface area contributed by atoms with Crippen LogP contribution in [0.15, 0.2) is 42.7 Å². The highest BCUT2D eigenvalue weighted by molar-refractivity contribution is 7.45. The Kier molecular flexibility index (Phi) is 4.72. The Morgan fingerprint density at radius 2 is 1.65 bits per heavy atom. The maximum atomic E-state index is 8.88. The van der Waals surface area contributed by atoms with Gasteiger partial charge >= 0.3 is 7.82 Å². The van der Waals surface area contributed by atoms with Crippen molar-refractivity contribution in [1.29, 1.82) is 0 Å². The highest BCUT2D eigenvalue weighted by atomic mass is 31.2. The number of rotatable bonds is 1. The lowest BCUT2D eigenvalue weighted by atomic mass is 10.3. The van der Waals surface area contributed by atoms with Crippen molar-refractivity contribution in [3.63, 3.8) is 0 Å². The fraction of sp³-hybridized carbons (Fsp3) is 0.200. The van der Waals surface area contributed by atoms with Crippen molar-refractivity contribution in [2.24, 2.45) is 0 Å². The molecule has 0 unspecified atom stereocenters. The van der Waals surface area contributed by atoms with E-state index in [1.165, 1.54) is 5.69 Å². The van der Waals surface area contributed by atoms with Crippen LogP contribution < -0.4 is 4.90 Å². The van der Waals surface area contributed by atoms with E-state index in [0.29, 0.717) is 0 Å². The molecule has 1 aliphatic heterocycles. The number of hydrogen-bond acceptors (Lipinski definition) is 3. The van der Waals surface area contributed by atoms with Crippen LogP contribution in [0.4, 0.5) is 5.69 Å². The van der Waals surface area contributed by atoms with E-state index in [1.807, 2.05) is 6.07 Å². The number of para-hydroxylation sites is 1. The van der Waals surface area contributed by atoms with Gasteiger partial charge in [-0.15, -0.1) is 0 Å². The van der Waals surface area contributed by atoms with Gasteiger partial charge in [0.1, 0.15) is 0 Å². The van der Waals surface area contributed by atoms with Crippen LogP contribution in [-0.4, -0.2) is 33.3 Å². The van der Waals surface area contributed by atoms with Gasteiger partial charge in [-0.25, -0.2) is 4.57 Å². The van der Waals surface area contributed by atoms with Crippen molar-refractivity contribution < 1.29 is 19.2 Å². The van der Waals surface area contributed by atoms with Gasteiger partial charge in [0, 0.05) is 25.1 Å². The minimum Gasteiger partial charge on any atom is -0.361 e. The molecule has 2 rings (SSSR count). The van der Waals surface area contributed by atoms with E-state index >= 15 is 0 Å². The van der Waals surface area contributed by atoms with E-state index in [4.69, 9.17) is 19.2 Å². The Morgan fingerprint density at radius 1 is 1.12 bits per heavy atom. The minimum absolute atomic E-state index is 0.948. The summed E-state index contributed by atoms with van der Waals surface area (Å²) in [4.78, 5) is 25.9. The highest BCUT2D eigenvalue weighted by Crippen LogP contribution is 2.25. The number of phosphoric acid groups is 1. The van der Waals surface area contributed by atoms with Crippen molar-refractivity contribution in [3.05, 3.63) is 42.7 Å². The summed E-state index contributed by atoms with van der Waals surface area (Å²) >= 11 is 0. The summed E-state index contributed by atoms with van der Waals surface area (Å²) in [5, 5.41) is 0. The zero-order valence-corrected chi connectivity index (χ0v) is 10.2. The lowest BCUT2D eigenvalue weighted by Gasteiger charge is -2.17. The van der Waals surface area contributed by atoms with Crippen LogP contribution in [0.5, 0.6) is 0 Å². The molecule has 0 aliphatic carbocycles. The lowest BCUT2D eigenvalue weighted by Crippen LogP contribution is -2.21. The molecular weight excluding hydrogens is 243 g/mol. The molecule has 0 saturated carbocycles. The highest BCUT2D eigenvalue weighted by Gasteiger charge is 2.08. The van der Waals surface area contributed by atoms with Crippen molar-refractivity contribution >= 4 is 13.5 Å². The molecule has 0 bridgehead atoms. The zero-order valence-electron chi connectivity index (χ0n) is 9.34. The van der Waals surface area contributed by atoms with Gasteiger partial charge in [-0.05, 0) is 12.1 Å². The Hall–Kier alpha value is -1.33. The van der Waals surface area contributed by atoms with Crippen LogP contribution in [0, 0.1) is 0 Å². The fourth-order valence-electron chi connectivity index (χ4n) is 1.32. The summed E-state index contributed by atoms with van der Waals surface area (Å²) in [6, 6.07) is 10.4. The first-order valence-electron chi connectivity index (χ1n) is 4.85. The second kappa shape index (κ2) is 5.84. The lowest BCUT2D eigenvalue weighted by molar-refractivity contribution is 0.275. The Bertz CT molecular complexity index is 409. The van der Waals surface area contributed by atoms with Crippen LogP contribution >= 0.6 is 7.82 Å². The SMILES string of the molecule is CN1C=CN(c2ccccc2)C1.O=P(O)(O)O. The molecule has 1 aromatic rings. The first-order chi connectivity index (χ1) is 7.86. The molecule has 1 heterocycles. The van der Waals surface area contributed by atoms with E-state index in [-0.39, 0.29) is 0 Å². The summed E-state index contributed by atoms with van der Waals surface area (Å²) in [6.07, 6.45) is 4.17. The van der Waals surface area contributed by atoms with Crippen LogP contribution in [-0.2, 0) is 4.57 Å². The molecule has 0 saturated heterocycles. The third-order valence-electron chi connectivity index (χ3n) is 1.96. The second-order valence-corrected chi connectivity index (χ2v) is 4.54. The largest absolute Gasteiger partial charge is 0.466 e. The summed E-state index contributed by atoms with van der Waals surface area (Å²) < 4.78 is 8.88. The Labute approximate surface area is 99.7 Å². The summed E-state index contributed by atoms with van der Waals surface area (Å²) in [7, 11) is -2.57. The predicted molar refractivity (Wildman–Crippen MR) is 65.0 cm³/mol. The van der Waals surface area contributed by atoms with Crippen LogP contribution in [0.1, 0.15) is 0 Å². The van der Waals surface area contributed by atoms with Crippen LogP contribution in [0.2, 0.25) is 0 Å². The minimum atomic E-state index is -4.64. The van der Waals surface area contributed by atoms with Gasteiger partial charge < -0.3 is 24.5 Å². The molecule has 1 aromatic carbocycles. The topological polar surface area (TPSA) is 84.2 Å². The quantitative estimate of drug-likeness (QED) is 0.650. The second-order valence-electron chi connectivity index (χ2n) is 3.52. The molecule has 0 fully saturated rings. The molecule has 7 heteroatoms. The van der Waals surface area contributed by atoms with Gasteiger partial charge in [-0.3, -0.25) is 0 Å². The van der Waals surface area contributed by atoms with E-state index in [0.717, 1.165) is 6.67 Å². The van der Waals surface area contributed by atoms with E-state index in [9.17, 15) is 0 Å². The first-order valence-corrected chi connectivity index (χ1v) is 6.41. The first kappa shape index (κ1) is 13.7. The Balaban J connectivity index is 0.000000249. The maximum absolute atomic E-state index is 8.88. The van der Waals surface area contributed by atoms with Crippen LogP contribution in [0.3, 0.4) is 0 Å². The van der Waals surface area contributed by atoms with Gasteiger partial charge in [-0.1, -0.05) is 18.2 Å². The average molecular weight is 258 g/mol. The zero-order chi connectivity index (χ0) is 12.9. The molecule has 1 aliphatic rings. The van der Waals surface area contributed by atoms with Gasteiger partial charge in [0.25, 0.3) is 0 Å². The van der Waals surface area contributed by atoms with Gasteiger partial charge in [0.15, 0.2) is 0 Å². The summed E-state index contributed by atoms with van der Waals surface area (Å²) in [5.74, 6) is 0. The van der Waals surface area contributed by atoms with E-state index < -0.39 is 7.82 Å².